The number of ether oxygens (including phenoxy) is 2. The van der Waals surface area contributed by atoms with E-state index < -0.39 is 18.4 Å². The van der Waals surface area contributed by atoms with E-state index in [1.807, 2.05) is 50.2 Å². The van der Waals surface area contributed by atoms with E-state index in [-0.39, 0.29) is 6.10 Å². The Balaban J connectivity index is 1.75. The zero-order chi connectivity index (χ0) is 24.2. The summed E-state index contributed by atoms with van der Waals surface area (Å²) in [6, 6.07) is 21.6. The molecule has 34 heavy (non-hydrogen) atoms. The predicted molar refractivity (Wildman–Crippen MR) is 131 cm³/mol. The van der Waals surface area contributed by atoms with E-state index in [1.165, 1.54) is 0 Å². The fourth-order valence-electron chi connectivity index (χ4n) is 3.56. The number of carbonyl (C=O) groups is 2. The number of hydrogen-bond donors (Lipinski definition) is 2. The normalized spacial score (nSPS) is 10.9. The molecule has 0 aliphatic heterocycles. The maximum Gasteiger partial charge on any atom is 0.322 e. The van der Waals surface area contributed by atoms with Crippen LogP contribution >= 0.6 is 11.6 Å². The van der Waals surface area contributed by atoms with Gasteiger partial charge in [-0.3, -0.25) is 9.59 Å². The van der Waals surface area contributed by atoms with Crippen LogP contribution in [0.25, 0.3) is 16.6 Å². The summed E-state index contributed by atoms with van der Waals surface area (Å²) < 4.78 is 13.4. The van der Waals surface area contributed by atoms with Crippen molar-refractivity contribution >= 4 is 34.4 Å². The molecule has 8 heteroatoms. The molecule has 0 bridgehead atoms. The number of carboxylic acids is 1. The minimum Gasteiger partial charge on any atom is -0.491 e. The van der Waals surface area contributed by atoms with Crippen molar-refractivity contribution in [3.8, 4) is 22.9 Å². The number of nitrogens with zero attached hydrogens (tertiary/aromatic N) is 1. The lowest BCUT2D eigenvalue weighted by atomic mass is 10.2. The van der Waals surface area contributed by atoms with Crippen molar-refractivity contribution in [3.63, 3.8) is 0 Å². The van der Waals surface area contributed by atoms with Crippen LogP contribution in [0.15, 0.2) is 72.8 Å². The largest absolute Gasteiger partial charge is 0.491 e. The first-order valence-electron chi connectivity index (χ1n) is 10.7. The van der Waals surface area contributed by atoms with Crippen LogP contribution in [0.5, 0.6) is 17.2 Å². The lowest BCUT2D eigenvalue weighted by Crippen LogP contribution is -2.30. The second kappa shape index (κ2) is 9.89. The molecule has 174 valence electrons. The molecule has 0 aliphatic carbocycles. The molecule has 0 saturated heterocycles. The van der Waals surface area contributed by atoms with Crippen LogP contribution in [-0.2, 0) is 4.79 Å². The van der Waals surface area contributed by atoms with Crippen molar-refractivity contribution in [3.05, 3.63) is 83.5 Å². The highest BCUT2D eigenvalue weighted by molar-refractivity contribution is 6.30. The van der Waals surface area contributed by atoms with E-state index in [2.05, 4.69) is 5.32 Å². The molecule has 0 fully saturated rings. The predicted octanol–water partition coefficient (Wildman–Crippen LogP) is 5.68. The Morgan fingerprint density at radius 2 is 1.68 bits per heavy atom. The summed E-state index contributed by atoms with van der Waals surface area (Å²) in [6.45, 7) is 3.41. The minimum atomic E-state index is -1.12. The van der Waals surface area contributed by atoms with Crippen molar-refractivity contribution in [2.24, 2.45) is 0 Å². The van der Waals surface area contributed by atoms with Crippen molar-refractivity contribution in [1.82, 2.24) is 9.88 Å². The Morgan fingerprint density at radius 1 is 0.971 bits per heavy atom. The molecule has 2 N–H and O–H groups in total. The van der Waals surface area contributed by atoms with Crippen LogP contribution in [0.2, 0.25) is 5.02 Å². The third-order valence-electron chi connectivity index (χ3n) is 4.90. The van der Waals surface area contributed by atoms with Crippen LogP contribution in [0, 0.1) is 0 Å². The first-order chi connectivity index (χ1) is 16.3. The number of nitrogens with one attached hydrogen (secondary N) is 1. The average Bonchev–Trinajstić information content (AvgIpc) is 3.16. The molecule has 4 rings (SSSR count). The Labute approximate surface area is 201 Å². The summed E-state index contributed by atoms with van der Waals surface area (Å²) in [5, 5.41) is 12.7. The van der Waals surface area contributed by atoms with Gasteiger partial charge in [-0.15, -0.1) is 0 Å². The molecule has 4 aromatic rings. The summed E-state index contributed by atoms with van der Waals surface area (Å²) in [4.78, 5) is 23.8. The van der Waals surface area contributed by atoms with E-state index in [9.17, 15) is 9.59 Å². The molecule has 0 spiro atoms. The fourth-order valence-corrected chi connectivity index (χ4v) is 3.74. The lowest BCUT2D eigenvalue weighted by Gasteiger charge is -2.13. The Bertz CT molecular complexity index is 1350. The Morgan fingerprint density at radius 3 is 2.35 bits per heavy atom. The quantitative estimate of drug-likeness (QED) is 0.340. The van der Waals surface area contributed by atoms with Crippen LogP contribution in [0.1, 0.15) is 24.3 Å². The molecule has 0 radical (unpaired) electrons. The smallest absolute Gasteiger partial charge is 0.322 e. The van der Waals surface area contributed by atoms with Gasteiger partial charge in [0.15, 0.2) is 0 Å². The number of fused-ring (bicyclic) bond motifs is 1. The zero-order valence-corrected chi connectivity index (χ0v) is 19.4. The van der Waals surface area contributed by atoms with E-state index in [0.717, 1.165) is 16.6 Å². The number of carboxylic acid groups (broad SMARTS) is 1. The SMILES string of the molecule is CC(C)Oc1ccc(-n2c(C(=O)NCC(=O)O)cc3cc(Oc4cccc(Cl)c4)ccc32)cc1. The molecular weight excluding hydrogens is 456 g/mol. The van der Waals surface area contributed by atoms with Crippen LogP contribution in [-0.4, -0.2) is 34.2 Å². The van der Waals surface area contributed by atoms with Crippen molar-refractivity contribution < 1.29 is 24.2 Å². The standard InChI is InChI=1S/C26H23ClN2O5/c1-16(2)33-20-8-6-19(7-9-20)29-23-11-10-22(34-21-5-3-4-18(27)14-21)12-17(23)13-24(29)26(32)28-15-25(30)31/h3-14,16H,15H2,1-2H3,(H,28,32)(H,30,31). The van der Waals surface area contributed by atoms with E-state index in [1.54, 1.807) is 41.0 Å². The van der Waals surface area contributed by atoms with Crippen LogP contribution in [0.3, 0.4) is 0 Å². The van der Waals surface area contributed by atoms with Gasteiger partial charge in [0.1, 0.15) is 29.5 Å². The topological polar surface area (TPSA) is 89.8 Å². The first kappa shape index (κ1) is 23.2. The van der Waals surface area contributed by atoms with Gasteiger partial charge in [0.2, 0.25) is 0 Å². The van der Waals surface area contributed by atoms with Gasteiger partial charge < -0.3 is 24.5 Å². The maximum atomic E-state index is 12.9. The molecule has 0 atom stereocenters. The Kier molecular flexibility index (Phi) is 6.75. The highest BCUT2D eigenvalue weighted by Crippen LogP contribution is 2.31. The molecule has 1 amide bonds. The number of aliphatic carboxylic acids is 1. The van der Waals surface area contributed by atoms with Gasteiger partial charge in [0.05, 0.1) is 11.6 Å². The third kappa shape index (κ3) is 5.32. The molecule has 0 aliphatic rings. The van der Waals surface area contributed by atoms with Gasteiger partial charge in [-0.2, -0.15) is 0 Å². The first-order valence-corrected chi connectivity index (χ1v) is 11.0. The summed E-state index contributed by atoms with van der Waals surface area (Å²) >= 11 is 6.05. The molecule has 3 aromatic carbocycles. The van der Waals surface area contributed by atoms with Gasteiger partial charge in [-0.1, -0.05) is 17.7 Å². The van der Waals surface area contributed by atoms with Gasteiger partial charge >= 0.3 is 5.97 Å². The number of rotatable bonds is 8. The van der Waals surface area contributed by atoms with E-state index in [0.29, 0.717) is 28.0 Å². The molecule has 1 heterocycles. The number of hydrogen-bond acceptors (Lipinski definition) is 4. The maximum absolute atomic E-state index is 12.9. The molecular formula is C26H23ClN2O5. The summed E-state index contributed by atoms with van der Waals surface area (Å²) in [5.41, 5.74) is 1.79. The number of amides is 1. The molecule has 0 unspecified atom stereocenters. The third-order valence-corrected chi connectivity index (χ3v) is 5.14. The second-order valence-corrected chi connectivity index (χ2v) is 8.32. The lowest BCUT2D eigenvalue weighted by molar-refractivity contribution is -0.135. The van der Waals surface area contributed by atoms with Crippen LogP contribution < -0.4 is 14.8 Å². The number of halogens is 1. The van der Waals surface area contributed by atoms with Gasteiger partial charge in [0, 0.05) is 16.1 Å². The average molecular weight is 479 g/mol. The van der Waals surface area contributed by atoms with Crippen molar-refractivity contribution in [2.75, 3.05) is 6.54 Å². The zero-order valence-electron chi connectivity index (χ0n) is 18.6. The van der Waals surface area contributed by atoms with Crippen molar-refractivity contribution in [2.45, 2.75) is 20.0 Å². The Hall–Kier alpha value is -3.97. The number of carbonyl (C=O) groups excluding carboxylic acids is 1. The summed E-state index contributed by atoms with van der Waals surface area (Å²) in [7, 11) is 0. The number of aromatic nitrogens is 1. The van der Waals surface area contributed by atoms with Gasteiger partial charge in [-0.25, -0.2) is 0 Å². The van der Waals surface area contributed by atoms with Crippen molar-refractivity contribution in [1.29, 1.82) is 0 Å². The summed E-state index contributed by atoms with van der Waals surface area (Å²) in [5.74, 6) is 0.252. The minimum absolute atomic E-state index is 0.0357. The molecule has 7 nitrogen and oxygen atoms in total. The number of benzene rings is 3. The molecule has 0 saturated carbocycles. The second-order valence-electron chi connectivity index (χ2n) is 7.88. The molecule has 1 aromatic heterocycles. The monoisotopic (exact) mass is 478 g/mol. The fraction of sp³-hybridized carbons (Fsp3) is 0.154. The van der Waals surface area contributed by atoms with Crippen LogP contribution in [0.4, 0.5) is 0 Å². The highest BCUT2D eigenvalue weighted by Gasteiger charge is 2.18. The van der Waals surface area contributed by atoms with Gasteiger partial charge in [0.25, 0.3) is 5.91 Å². The summed E-state index contributed by atoms with van der Waals surface area (Å²) in [6.07, 6.45) is 0.0357. The highest BCUT2D eigenvalue weighted by atomic mass is 35.5. The van der Waals surface area contributed by atoms with E-state index in [4.69, 9.17) is 26.2 Å². The van der Waals surface area contributed by atoms with Gasteiger partial charge in [-0.05, 0) is 80.6 Å². The van der Waals surface area contributed by atoms with E-state index >= 15 is 0 Å².